The molecule has 3 atom stereocenters. The molecular weight excluding hydrogens is 252 g/mol. The van der Waals surface area contributed by atoms with Gasteiger partial charge in [-0.05, 0) is 30.9 Å². The van der Waals surface area contributed by atoms with Crippen LogP contribution in [0.2, 0.25) is 0 Å². The molecule has 20 heavy (non-hydrogen) atoms. The number of imide groups is 1. The molecule has 3 rings (SSSR count). The molecule has 0 spiro atoms. The van der Waals surface area contributed by atoms with Crippen LogP contribution in [-0.4, -0.2) is 23.3 Å². The molecule has 4 heteroatoms. The van der Waals surface area contributed by atoms with Crippen molar-refractivity contribution in [1.82, 2.24) is 4.90 Å². The molecule has 2 aliphatic rings. The first-order valence-electron chi connectivity index (χ1n) is 7.26. The summed E-state index contributed by atoms with van der Waals surface area (Å²) in [6.07, 6.45) is 2.70. The van der Waals surface area contributed by atoms with Gasteiger partial charge in [-0.1, -0.05) is 30.7 Å². The van der Waals surface area contributed by atoms with Crippen LogP contribution in [0.1, 0.15) is 36.4 Å². The number of benzene rings is 1. The molecule has 4 nitrogen and oxygen atoms in total. The van der Waals surface area contributed by atoms with Crippen molar-refractivity contribution in [3.05, 3.63) is 35.4 Å². The van der Waals surface area contributed by atoms with Gasteiger partial charge in [0.15, 0.2) is 0 Å². The third kappa shape index (κ3) is 2.04. The highest BCUT2D eigenvalue weighted by Gasteiger charge is 2.49. The SMILES string of the molecule is Cc1ccccc1C(N)CN1C(=O)C2CCCC2C1=O. The molecule has 1 saturated carbocycles. The Labute approximate surface area is 118 Å². The van der Waals surface area contributed by atoms with E-state index in [-0.39, 0.29) is 29.7 Å². The average Bonchev–Trinajstić information content (AvgIpc) is 2.99. The molecule has 2 amide bonds. The maximum absolute atomic E-state index is 12.3. The number of rotatable bonds is 3. The lowest BCUT2D eigenvalue weighted by molar-refractivity contribution is -0.140. The predicted octanol–water partition coefficient (Wildman–Crippen LogP) is 1.78. The van der Waals surface area contributed by atoms with Crippen molar-refractivity contribution in [2.75, 3.05) is 6.54 Å². The summed E-state index contributed by atoms with van der Waals surface area (Å²) in [5.74, 6) is -0.179. The Bertz CT molecular complexity index is 533. The highest BCUT2D eigenvalue weighted by atomic mass is 16.2. The zero-order chi connectivity index (χ0) is 14.3. The van der Waals surface area contributed by atoms with Crippen LogP contribution in [0, 0.1) is 18.8 Å². The summed E-state index contributed by atoms with van der Waals surface area (Å²) >= 11 is 0. The van der Waals surface area contributed by atoms with E-state index in [0.29, 0.717) is 6.54 Å². The van der Waals surface area contributed by atoms with E-state index >= 15 is 0 Å². The van der Waals surface area contributed by atoms with Gasteiger partial charge in [0.05, 0.1) is 11.8 Å². The maximum atomic E-state index is 12.3. The van der Waals surface area contributed by atoms with E-state index < -0.39 is 0 Å². The minimum Gasteiger partial charge on any atom is -0.322 e. The first-order chi connectivity index (χ1) is 9.59. The number of nitrogens with two attached hydrogens (primary N) is 1. The number of carbonyl (C=O) groups is 2. The summed E-state index contributed by atoms with van der Waals surface area (Å²) in [6.45, 7) is 2.30. The molecule has 2 fully saturated rings. The summed E-state index contributed by atoms with van der Waals surface area (Å²) in [5, 5.41) is 0. The number of nitrogens with zero attached hydrogens (tertiary/aromatic N) is 1. The Morgan fingerprint density at radius 2 is 1.80 bits per heavy atom. The zero-order valence-electron chi connectivity index (χ0n) is 11.7. The Morgan fingerprint density at radius 1 is 1.20 bits per heavy atom. The fourth-order valence-corrected chi connectivity index (χ4v) is 3.54. The van der Waals surface area contributed by atoms with E-state index in [9.17, 15) is 9.59 Å². The number of hydrogen-bond donors (Lipinski definition) is 1. The predicted molar refractivity (Wildman–Crippen MR) is 75.7 cm³/mol. The van der Waals surface area contributed by atoms with Crippen molar-refractivity contribution in [3.63, 3.8) is 0 Å². The Kier molecular flexibility index (Phi) is 3.34. The first-order valence-corrected chi connectivity index (χ1v) is 7.26. The molecule has 0 radical (unpaired) electrons. The Morgan fingerprint density at radius 3 is 2.40 bits per heavy atom. The quantitative estimate of drug-likeness (QED) is 0.853. The van der Waals surface area contributed by atoms with Crippen molar-refractivity contribution in [2.45, 2.75) is 32.2 Å². The van der Waals surface area contributed by atoms with Crippen molar-refractivity contribution >= 4 is 11.8 Å². The van der Waals surface area contributed by atoms with Crippen LogP contribution in [0.15, 0.2) is 24.3 Å². The maximum Gasteiger partial charge on any atom is 0.233 e. The largest absolute Gasteiger partial charge is 0.322 e. The molecule has 1 aromatic rings. The Hall–Kier alpha value is -1.68. The number of carbonyl (C=O) groups excluding carboxylic acids is 2. The Balaban J connectivity index is 1.77. The van der Waals surface area contributed by atoms with Gasteiger partial charge in [0.1, 0.15) is 0 Å². The van der Waals surface area contributed by atoms with Gasteiger partial charge in [0.25, 0.3) is 0 Å². The van der Waals surface area contributed by atoms with E-state index in [1.54, 1.807) is 0 Å². The minimum atomic E-state index is -0.303. The lowest BCUT2D eigenvalue weighted by Gasteiger charge is -2.22. The third-order valence-electron chi connectivity index (χ3n) is 4.65. The number of aryl methyl sites for hydroxylation is 1. The highest BCUT2D eigenvalue weighted by molar-refractivity contribution is 6.05. The summed E-state index contributed by atoms with van der Waals surface area (Å²) in [4.78, 5) is 26.0. The van der Waals surface area contributed by atoms with Crippen LogP contribution >= 0.6 is 0 Å². The lowest BCUT2D eigenvalue weighted by Crippen LogP contribution is -2.38. The van der Waals surface area contributed by atoms with E-state index in [1.807, 2.05) is 31.2 Å². The molecule has 1 aliphatic heterocycles. The second-order valence-electron chi connectivity index (χ2n) is 5.89. The highest BCUT2D eigenvalue weighted by Crippen LogP contribution is 2.40. The van der Waals surface area contributed by atoms with Crippen molar-refractivity contribution in [2.24, 2.45) is 17.6 Å². The van der Waals surface area contributed by atoms with Crippen LogP contribution < -0.4 is 5.73 Å². The molecule has 3 unspecified atom stereocenters. The number of amides is 2. The molecule has 1 aromatic carbocycles. The number of likely N-dealkylation sites (tertiary alicyclic amines) is 1. The molecule has 2 N–H and O–H groups in total. The third-order valence-corrected chi connectivity index (χ3v) is 4.65. The summed E-state index contributed by atoms with van der Waals surface area (Å²) < 4.78 is 0. The number of fused-ring (bicyclic) bond motifs is 1. The molecule has 1 aliphatic carbocycles. The lowest BCUT2D eigenvalue weighted by atomic mass is 10.00. The summed E-state index contributed by atoms with van der Waals surface area (Å²) in [5.41, 5.74) is 8.31. The van der Waals surface area contributed by atoms with Gasteiger partial charge in [-0.15, -0.1) is 0 Å². The molecule has 106 valence electrons. The normalized spacial score (nSPS) is 27.0. The van der Waals surface area contributed by atoms with Crippen LogP contribution in [0.3, 0.4) is 0 Å². The van der Waals surface area contributed by atoms with Crippen LogP contribution in [0.5, 0.6) is 0 Å². The zero-order valence-corrected chi connectivity index (χ0v) is 11.7. The van der Waals surface area contributed by atoms with Gasteiger partial charge in [-0.3, -0.25) is 14.5 Å². The molecule has 0 bridgehead atoms. The first kappa shape index (κ1) is 13.3. The van der Waals surface area contributed by atoms with Gasteiger partial charge >= 0.3 is 0 Å². The second kappa shape index (κ2) is 5.02. The van der Waals surface area contributed by atoms with Gasteiger partial charge < -0.3 is 5.73 Å². The standard InChI is InChI=1S/C16H20N2O2/c1-10-5-2-3-6-11(10)14(17)9-18-15(19)12-7-4-8-13(12)16(18)20/h2-3,5-6,12-14H,4,7-9,17H2,1H3. The average molecular weight is 272 g/mol. The number of hydrogen-bond acceptors (Lipinski definition) is 3. The van der Waals surface area contributed by atoms with Crippen LogP contribution in [-0.2, 0) is 9.59 Å². The van der Waals surface area contributed by atoms with E-state index in [1.165, 1.54) is 4.90 Å². The molecule has 0 aromatic heterocycles. The molecular formula is C16H20N2O2. The van der Waals surface area contributed by atoms with Crippen molar-refractivity contribution in [3.8, 4) is 0 Å². The smallest absolute Gasteiger partial charge is 0.233 e. The van der Waals surface area contributed by atoms with Gasteiger partial charge in [-0.2, -0.15) is 0 Å². The fraction of sp³-hybridized carbons (Fsp3) is 0.500. The summed E-state index contributed by atoms with van der Waals surface area (Å²) in [6, 6.07) is 7.55. The van der Waals surface area contributed by atoms with Gasteiger partial charge in [0.2, 0.25) is 11.8 Å². The minimum absolute atomic E-state index is 0.0125. The second-order valence-corrected chi connectivity index (χ2v) is 5.89. The van der Waals surface area contributed by atoms with Gasteiger partial charge in [-0.25, -0.2) is 0 Å². The van der Waals surface area contributed by atoms with Crippen molar-refractivity contribution in [1.29, 1.82) is 0 Å². The summed E-state index contributed by atoms with van der Waals surface area (Å²) in [7, 11) is 0. The topological polar surface area (TPSA) is 63.4 Å². The fourth-order valence-electron chi connectivity index (χ4n) is 3.54. The van der Waals surface area contributed by atoms with Crippen molar-refractivity contribution < 1.29 is 9.59 Å². The van der Waals surface area contributed by atoms with E-state index in [4.69, 9.17) is 5.73 Å². The molecule has 1 saturated heterocycles. The monoisotopic (exact) mass is 272 g/mol. The van der Waals surface area contributed by atoms with Gasteiger partial charge in [0, 0.05) is 12.6 Å². The van der Waals surface area contributed by atoms with Crippen LogP contribution in [0.25, 0.3) is 0 Å². The molecule has 1 heterocycles. The van der Waals surface area contributed by atoms with E-state index in [2.05, 4.69) is 0 Å². The van der Waals surface area contributed by atoms with Crippen LogP contribution in [0.4, 0.5) is 0 Å². The van der Waals surface area contributed by atoms with E-state index in [0.717, 1.165) is 30.4 Å².